The molecule has 2 aromatic rings. The molecule has 10 heteroatoms. The van der Waals surface area contributed by atoms with Crippen LogP contribution in [-0.4, -0.2) is 63.4 Å². The molecule has 0 fully saturated rings. The summed E-state index contributed by atoms with van der Waals surface area (Å²) < 4.78 is 37.1. The fourth-order valence-corrected chi connectivity index (χ4v) is 5.34. The Morgan fingerprint density at radius 1 is 1.00 bits per heavy atom. The van der Waals surface area contributed by atoms with Crippen LogP contribution >= 0.6 is 0 Å². The Labute approximate surface area is 226 Å². The first-order valence-corrected chi connectivity index (χ1v) is 15.0. The van der Waals surface area contributed by atoms with Gasteiger partial charge in [0.2, 0.25) is 28.6 Å². The lowest BCUT2D eigenvalue weighted by Crippen LogP contribution is -2.51. The second kappa shape index (κ2) is 13.5. The average molecular weight is 546 g/mol. The zero-order chi connectivity index (χ0) is 27.7. The van der Waals surface area contributed by atoms with Crippen LogP contribution in [0, 0.1) is 0 Å². The molecule has 0 saturated carbocycles. The quantitative estimate of drug-likeness (QED) is 0.388. The van der Waals surface area contributed by atoms with Crippen molar-refractivity contribution in [2.24, 2.45) is 0 Å². The van der Waals surface area contributed by atoms with Gasteiger partial charge in [0.1, 0.15) is 6.04 Å². The molecule has 3 rings (SSSR count). The largest absolute Gasteiger partial charge is 0.454 e. The third kappa shape index (κ3) is 7.86. The van der Waals surface area contributed by atoms with Crippen molar-refractivity contribution in [2.75, 3.05) is 30.4 Å². The molecule has 2 aromatic carbocycles. The van der Waals surface area contributed by atoms with E-state index in [9.17, 15) is 18.0 Å². The maximum Gasteiger partial charge on any atom is 0.243 e. The second-order valence-electron chi connectivity index (χ2n) is 9.54. The van der Waals surface area contributed by atoms with Crippen molar-refractivity contribution in [3.05, 3.63) is 54.1 Å². The van der Waals surface area contributed by atoms with Crippen molar-refractivity contribution in [1.29, 1.82) is 0 Å². The number of carbonyl (C=O) groups excluding carboxylic acids is 2. The Balaban J connectivity index is 1.72. The summed E-state index contributed by atoms with van der Waals surface area (Å²) in [6.07, 6.45) is 3.44. The number of amides is 2. The molecule has 2 amide bonds. The van der Waals surface area contributed by atoms with Crippen LogP contribution in [0.4, 0.5) is 5.69 Å². The summed E-state index contributed by atoms with van der Waals surface area (Å²) in [6.45, 7) is 6.44. The third-order valence-electron chi connectivity index (χ3n) is 6.67. The minimum atomic E-state index is -3.60. The molecule has 0 aliphatic carbocycles. The van der Waals surface area contributed by atoms with E-state index < -0.39 is 16.1 Å². The monoisotopic (exact) mass is 545 g/mol. The summed E-state index contributed by atoms with van der Waals surface area (Å²) >= 11 is 0. The minimum absolute atomic E-state index is 0.00708. The highest BCUT2D eigenvalue weighted by atomic mass is 32.2. The fourth-order valence-electron chi connectivity index (χ4n) is 4.38. The molecule has 0 radical (unpaired) electrons. The van der Waals surface area contributed by atoms with Crippen molar-refractivity contribution in [1.82, 2.24) is 10.2 Å². The number of carbonyl (C=O) groups is 2. The van der Waals surface area contributed by atoms with Gasteiger partial charge in [-0.05, 0) is 50.3 Å². The van der Waals surface area contributed by atoms with Crippen LogP contribution in [0.5, 0.6) is 11.5 Å². The van der Waals surface area contributed by atoms with E-state index in [0.29, 0.717) is 43.0 Å². The Kier molecular flexibility index (Phi) is 10.4. The predicted molar refractivity (Wildman–Crippen MR) is 148 cm³/mol. The molecule has 1 aliphatic heterocycles. The van der Waals surface area contributed by atoms with Crippen LogP contribution in [0.15, 0.2) is 48.5 Å². The van der Waals surface area contributed by atoms with Gasteiger partial charge < -0.3 is 19.7 Å². The van der Waals surface area contributed by atoms with Gasteiger partial charge in [0, 0.05) is 31.6 Å². The average Bonchev–Trinajstić information content (AvgIpc) is 3.36. The number of nitrogens with zero attached hydrogens (tertiary/aromatic N) is 2. The molecule has 38 heavy (non-hydrogen) atoms. The molecular weight excluding hydrogens is 506 g/mol. The van der Waals surface area contributed by atoms with E-state index in [2.05, 4.69) is 5.32 Å². The standard InChI is InChI=1S/C28H39N3O6S/c1-5-21(3)29-28(33)24(6-2)30(18-16-22-11-8-7-9-12-22)27(32)13-10-17-31(38(4,34)35)23-14-15-25-26(19-23)37-20-36-25/h7-9,11-12,14-15,19,21,24H,5-6,10,13,16-18,20H2,1-4H3,(H,29,33)/t21-,24+/m0/s1. The van der Waals surface area contributed by atoms with Crippen molar-refractivity contribution in [3.63, 3.8) is 0 Å². The minimum Gasteiger partial charge on any atom is -0.454 e. The fraction of sp³-hybridized carbons (Fsp3) is 0.500. The Morgan fingerprint density at radius 3 is 2.37 bits per heavy atom. The van der Waals surface area contributed by atoms with E-state index in [-0.39, 0.29) is 37.6 Å². The summed E-state index contributed by atoms with van der Waals surface area (Å²) in [5.41, 5.74) is 1.53. The third-order valence-corrected chi connectivity index (χ3v) is 7.86. The number of ether oxygens (including phenoxy) is 2. The van der Waals surface area contributed by atoms with Gasteiger partial charge in [-0.15, -0.1) is 0 Å². The van der Waals surface area contributed by atoms with Gasteiger partial charge in [0.05, 0.1) is 11.9 Å². The van der Waals surface area contributed by atoms with E-state index in [1.165, 1.54) is 4.31 Å². The van der Waals surface area contributed by atoms with Crippen LogP contribution in [0.1, 0.15) is 52.0 Å². The van der Waals surface area contributed by atoms with E-state index >= 15 is 0 Å². The molecule has 1 N–H and O–H groups in total. The smallest absolute Gasteiger partial charge is 0.243 e. The maximum absolute atomic E-state index is 13.5. The summed E-state index contributed by atoms with van der Waals surface area (Å²) in [6, 6.07) is 14.2. The Hall–Kier alpha value is -3.27. The lowest BCUT2D eigenvalue weighted by Gasteiger charge is -2.32. The molecule has 0 bridgehead atoms. The molecule has 1 aliphatic rings. The van der Waals surface area contributed by atoms with Crippen molar-refractivity contribution >= 4 is 27.5 Å². The molecule has 0 unspecified atom stereocenters. The van der Waals surface area contributed by atoms with Crippen LogP contribution in [-0.2, 0) is 26.0 Å². The van der Waals surface area contributed by atoms with Crippen LogP contribution in [0.3, 0.4) is 0 Å². The molecule has 208 valence electrons. The van der Waals surface area contributed by atoms with Gasteiger partial charge in [-0.25, -0.2) is 8.42 Å². The number of hydrogen-bond acceptors (Lipinski definition) is 6. The summed E-state index contributed by atoms with van der Waals surface area (Å²) in [4.78, 5) is 28.2. The zero-order valence-electron chi connectivity index (χ0n) is 22.7. The van der Waals surface area contributed by atoms with Gasteiger partial charge in [0.25, 0.3) is 0 Å². The number of nitrogens with one attached hydrogen (secondary N) is 1. The topological polar surface area (TPSA) is 105 Å². The first-order valence-electron chi connectivity index (χ1n) is 13.1. The van der Waals surface area contributed by atoms with Crippen LogP contribution < -0.4 is 19.1 Å². The predicted octanol–water partition coefficient (Wildman–Crippen LogP) is 3.73. The van der Waals surface area contributed by atoms with Gasteiger partial charge in [-0.1, -0.05) is 44.2 Å². The first kappa shape index (κ1) is 29.3. The van der Waals surface area contributed by atoms with Gasteiger partial charge in [-0.2, -0.15) is 0 Å². The van der Waals surface area contributed by atoms with E-state index in [1.807, 2.05) is 51.1 Å². The summed E-state index contributed by atoms with van der Waals surface area (Å²) in [7, 11) is -3.60. The van der Waals surface area contributed by atoms with E-state index in [1.54, 1.807) is 23.1 Å². The lowest BCUT2D eigenvalue weighted by atomic mass is 10.1. The van der Waals surface area contributed by atoms with Gasteiger partial charge in [-0.3, -0.25) is 13.9 Å². The highest BCUT2D eigenvalue weighted by Crippen LogP contribution is 2.36. The summed E-state index contributed by atoms with van der Waals surface area (Å²) in [5, 5.41) is 3.01. The van der Waals surface area contributed by atoms with Gasteiger partial charge in [0.15, 0.2) is 11.5 Å². The van der Waals surface area contributed by atoms with E-state index in [4.69, 9.17) is 9.47 Å². The number of rotatable bonds is 14. The molecule has 0 aromatic heterocycles. The van der Waals surface area contributed by atoms with E-state index in [0.717, 1.165) is 18.2 Å². The Bertz CT molecular complexity index is 1190. The number of hydrogen-bond donors (Lipinski definition) is 1. The maximum atomic E-state index is 13.5. The number of sulfonamides is 1. The molecule has 0 spiro atoms. The summed E-state index contributed by atoms with van der Waals surface area (Å²) in [5.74, 6) is 0.706. The van der Waals surface area contributed by atoms with Crippen LogP contribution in [0.2, 0.25) is 0 Å². The normalized spacial score (nSPS) is 14.0. The van der Waals surface area contributed by atoms with Gasteiger partial charge >= 0.3 is 0 Å². The number of fused-ring (bicyclic) bond motifs is 1. The molecular formula is C28H39N3O6S. The SMILES string of the molecule is CC[C@H](C(=O)N[C@@H](C)CC)N(CCc1ccccc1)C(=O)CCCN(c1ccc2c(c1)OCO2)S(C)(=O)=O. The second-order valence-corrected chi connectivity index (χ2v) is 11.4. The number of anilines is 1. The van der Waals surface area contributed by atoms with Crippen molar-refractivity contribution in [3.8, 4) is 11.5 Å². The number of benzene rings is 2. The molecule has 9 nitrogen and oxygen atoms in total. The Morgan fingerprint density at radius 2 is 1.71 bits per heavy atom. The highest BCUT2D eigenvalue weighted by Gasteiger charge is 2.29. The first-order chi connectivity index (χ1) is 18.1. The molecule has 1 heterocycles. The highest BCUT2D eigenvalue weighted by molar-refractivity contribution is 7.92. The lowest BCUT2D eigenvalue weighted by molar-refractivity contribution is -0.141. The van der Waals surface area contributed by atoms with Crippen molar-refractivity contribution < 1.29 is 27.5 Å². The molecule has 0 saturated heterocycles. The van der Waals surface area contributed by atoms with Crippen LogP contribution in [0.25, 0.3) is 0 Å². The zero-order valence-corrected chi connectivity index (χ0v) is 23.5. The molecule has 2 atom stereocenters. The van der Waals surface area contributed by atoms with Crippen molar-refractivity contribution in [2.45, 2.75) is 65.0 Å².